The van der Waals surface area contributed by atoms with E-state index in [1.54, 1.807) is 7.11 Å². The van der Waals surface area contributed by atoms with Crippen LogP contribution in [0.25, 0.3) is 0 Å². The predicted octanol–water partition coefficient (Wildman–Crippen LogP) is 1.52. The van der Waals surface area contributed by atoms with Crippen molar-refractivity contribution >= 4 is 17.3 Å². The van der Waals surface area contributed by atoms with Crippen molar-refractivity contribution in [2.45, 2.75) is 13.0 Å². The average molecular weight is 186 g/mol. The van der Waals surface area contributed by atoms with Gasteiger partial charge in [0.1, 0.15) is 0 Å². The summed E-state index contributed by atoms with van der Waals surface area (Å²) in [4.78, 5) is 12.2. The van der Waals surface area contributed by atoms with Crippen molar-refractivity contribution < 1.29 is 14.6 Å². The third-order valence-corrected chi connectivity index (χ3v) is 2.39. The summed E-state index contributed by atoms with van der Waals surface area (Å²) in [7, 11) is 1.62. The van der Waals surface area contributed by atoms with Gasteiger partial charge in [-0.05, 0) is 12.1 Å². The molecule has 0 unspecified atom stereocenters. The molecule has 0 aliphatic carbocycles. The van der Waals surface area contributed by atoms with E-state index >= 15 is 0 Å². The second-order valence-electron chi connectivity index (χ2n) is 2.37. The van der Waals surface area contributed by atoms with Gasteiger partial charge in [0.2, 0.25) is 0 Å². The van der Waals surface area contributed by atoms with Crippen molar-refractivity contribution in [1.29, 1.82) is 0 Å². The van der Waals surface area contributed by atoms with E-state index in [9.17, 15) is 4.79 Å². The van der Waals surface area contributed by atoms with Gasteiger partial charge in [0.05, 0.1) is 13.0 Å². The van der Waals surface area contributed by atoms with Crippen molar-refractivity contribution in [3.8, 4) is 0 Å². The van der Waals surface area contributed by atoms with Crippen LogP contribution in [0.15, 0.2) is 12.1 Å². The number of carbonyl (C=O) groups is 1. The second kappa shape index (κ2) is 4.23. The summed E-state index contributed by atoms with van der Waals surface area (Å²) in [5, 5.41) is 8.48. The summed E-state index contributed by atoms with van der Waals surface area (Å²) in [6, 6.07) is 3.72. The first-order chi connectivity index (χ1) is 5.72. The minimum atomic E-state index is -0.791. The molecule has 0 saturated heterocycles. The summed E-state index contributed by atoms with van der Waals surface area (Å²) >= 11 is 1.48. The van der Waals surface area contributed by atoms with Gasteiger partial charge in [-0.2, -0.15) is 0 Å². The minimum absolute atomic E-state index is 0.106. The molecule has 4 heteroatoms. The molecule has 0 atom stereocenters. The summed E-state index contributed by atoms with van der Waals surface area (Å²) < 4.78 is 4.91. The van der Waals surface area contributed by atoms with Crippen molar-refractivity contribution in [2.24, 2.45) is 0 Å². The third-order valence-electron chi connectivity index (χ3n) is 1.33. The number of carboxylic acid groups (broad SMARTS) is 1. The Kier molecular flexibility index (Phi) is 3.25. The number of carboxylic acids is 1. The van der Waals surface area contributed by atoms with Gasteiger partial charge in [0.15, 0.2) is 0 Å². The Bertz CT molecular complexity index is 267. The molecule has 0 aromatic carbocycles. The maximum Gasteiger partial charge on any atom is 0.308 e. The van der Waals surface area contributed by atoms with Crippen LogP contribution in [0, 0.1) is 0 Å². The molecular weight excluding hydrogens is 176 g/mol. The fourth-order valence-electron chi connectivity index (χ4n) is 0.886. The molecule has 0 spiro atoms. The van der Waals surface area contributed by atoms with Gasteiger partial charge in [-0.1, -0.05) is 0 Å². The number of hydrogen-bond donors (Lipinski definition) is 1. The fourth-order valence-corrected chi connectivity index (χ4v) is 1.87. The Morgan fingerprint density at radius 2 is 2.25 bits per heavy atom. The molecule has 0 saturated carbocycles. The Morgan fingerprint density at radius 1 is 1.58 bits per heavy atom. The summed E-state index contributed by atoms with van der Waals surface area (Å²) in [5.41, 5.74) is 0. The molecule has 1 rings (SSSR count). The smallest absolute Gasteiger partial charge is 0.308 e. The first kappa shape index (κ1) is 9.22. The van der Waals surface area contributed by atoms with E-state index in [1.165, 1.54) is 11.3 Å². The van der Waals surface area contributed by atoms with Crippen molar-refractivity contribution in [2.75, 3.05) is 7.11 Å². The number of hydrogen-bond acceptors (Lipinski definition) is 3. The van der Waals surface area contributed by atoms with Gasteiger partial charge in [-0.25, -0.2) is 0 Å². The van der Waals surface area contributed by atoms with Gasteiger partial charge in [-0.3, -0.25) is 4.79 Å². The molecule has 1 heterocycles. The van der Waals surface area contributed by atoms with Crippen LogP contribution in [-0.2, 0) is 22.6 Å². The Morgan fingerprint density at radius 3 is 2.83 bits per heavy atom. The minimum Gasteiger partial charge on any atom is -0.481 e. The highest BCUT2D eigenvalue weighted by Gasteiger charge is 2.03. The number of methoxy groups -OCH3 is 1. The maximum atomic E-state index is 10.3. The van der Waals surface area contributed by atoms with E-state index < -0.39 is 5.97 Å². The van der Waals surface area contributed by atoms with Gasteiger partial charge in [0.25, 0.3) is 0 Å². The summed E-state index contributed by atoms with van der Waals surface area (Å²) in [6.45, 7) is 0.560. The van der Waals surface area contributed by atoms with E-state index in [4.69, 9.17) is 9.84 Å². The molecule has 0 aliphatic rings. The Balaban J connectivity index is 2.58. The van der Waals surface area contributed by atoms with Crippen LogP contribution in [0.4, 0.5) is 0 Å². The zero-order chi connectivity index (χ0) is 8.97. The molecule has 12 heavy (non-hydrogen) atoms. The highest BCUT2D eigenvalue weighted by molar-refractivity contribution is 7.12. The fraction of sp³-hybridized carbons (Fsp3) is 0.375. The lowest BCUT2D eigenvalue weighted by Gasteiger charge is -1.91. The number of aliphatic carboxylic acids is 1. The van der Waals surface area contributed by atoms with Gasteiger partial charge < -0.3 is 9.84 Å². The first-order valence-corrected chi connectivity index (χ1v) is 4.32. The monoisotopic (exact) mass is 186 g/mol. The van der Waals surface area contributed by atoms with Gasteiger partial charge in [0, 0.05) is 16.9 Å². The summed E-state index contributed by atoms with van der Waals surface area (Å²) in [6.07, 6.45) is 0.106. The van der Waals surface area contributed by atoms with Crippen molar-refractivity contribution in [3.05, 3.63) is 21.9 Å². The lowest BCUT2D eigenvalue weighted by molar-refractivity contribution is -0.136. The van der Waals surface area contributed by atoms with E-state index in [1.807, 2.05) is 12.1 Å². The second-order valence-corrected chi connectivity index (χ2v) is 3.62. The van der Waals surface area contributed by atoms with Crippen molar-refractivity contribution in [3.63, 3.8) is 0 Å². The highest BCUT2D eigenvalue weighted by Crippen LogP contribution is 2.17. The third kappa shape index (κ3) is 2.64. The molecule has 1 aromatic heterocycles. The normalized spacial score (nSPS) is 10.1. The Labute approximate surface area is 74.6 Å². The molecule has 1 aromatic rings. The van der Waals surface area contributed by atoms with E-state index in [0.29, 0.717) is 6.61 Å². The molecule has 0 radical (unpaired) electrons. The topological polar surface area (TPSA) is 46.5 Å². The number of rotatable bonds is 4. The number of ether oxygens (including phenoxy) is 1. The van der Waals surface area contributed by atoms with E-state index in [2.05, 4.69) is 0 Å². The first-order valence-electron chi connectivity index (χ1n) is 3.50. The largest absolute Gasteiger partial charge is 0.481 e. The average Bonchev–Trinajstić information content (AvgIpc) is 2.36. The van der Waals surface area contributed by atoms with Gasteiger partial charge >= 0.3 is 5.97 Å². The van der Waals surface area contributed by atoms with Crippen molar-refractivity contribution in [1.82, 2.24) is 0 Å². The standard InChI is InChI=1S/C8H10O3S/c1-11-5-7-3-2-6(12-7)4-8(9)10/h2-3H,4-5H2,1H3,(H,9,10). The molecule has 0 bridgehead atoms. The quantitative estimate of drug-likeness (QED) is 0.775. The molecule has 1 N–H and O–H groups in total. The van der Waals surface area contributed by atoms with Crippen LogP contribution in [0.2, 0.25) is 0 Å². The maximum absolute atomic E-state index is 10.3. The van der Waals surface area contributed by atoms with Gasteiger partial charge in [-0.15, -0.1) is 11.3 Å². The predicted molar refractivity (Wildman–Crippen MR) is 46.4 cm³/mol. The van der Waals surface area contributed by atoms with Crippen LogP contribution < -0.4 is 0 Å². The SMILES string of the molecule is COCc1ccc(CC(=O)O)s1. The Hall–Kier alpha value is -0.870. The van der Waals surface area contributed by atoms with Crippen LogP contribution >= 0.6 is 11.3 Å². The molecule has 3 nitrogen and oxygen atoms in total. The zero-order valence-electron chi connectivity index (χ0n) is 6.74. The molecular formula is C8H10O3S. The van der Waals surface area contributed by atoms with Crippen LogP contribution in [0.3, 0.4) is 0 Å². The van der Waals surface area contributed by atoms with E-state index in [0.717, 1.165) is 9.75 Å². The molecule has 0 amide bonds. The lowest BCUT2D eigenvalue weighted by atomic mass is 10.3. The lowest BCUT2D eigenvalue weighted by Crippen LogP contribution is -1.96. The summed E-state index contributed by atoms with van der Waals surface area (Å²) in [5.74, 6) is -0.791. The number of thiophene rings is 1. The van der Waals surface area contributed by atoms with Crippen LogP contribution in [0.1, 0.15) is 9.75 Å². The van der Waals surface area contributed by atoms with Crippen LogP contribution in [-0.4, -0.2) is 18.2 Å². The van der Waals surface area contributed by atoms with E-state index in [-0.39, 0.29) is 6.42 Å². The molecule has 66 valence electrons. The molecule has 0 fully saturated rings. The zero-order valence-corrected chi connectivity index (χ0v) is 7.56. The van der Waals surface area contributed by atoms with Crippen LogP contribution in [0.5, 0.6) is 0 Å². The highest BCUT2D eigenvalue weighted by atomic mass is 32.1. The molecule has 0 aliphatic heterocycles.